The van der Waals surface area contributed by atoms with Crippen molar-refractivity contribution < 1.29 is 24.0 Å². The van der Waals surface area contributed by atoms with Gasteiger partial charge in [0.2, 0.25) is 5.91 Å². The topological polar surface area (TPSA) is 84.9 Å². The van der Waals surface area contributed by atoms with Crippen molar-refractivity contribution in [3.8, 4) is 0 Å². The summed E-state index contributed by atoms with van der Waals surface area (Å²) in [5, 5.41) is 3.93. The number of carbonyl (C=O) groups is 3. The van der Waals surface area contributed by atoms with Gasteiger partial charge in [0.25, 0.3) is 5.91 Å². The van der Waals surface area contributed by atoms with Crippen LogP contribution in [0.2, 0.25) is 0 Å². The van der Waals surface area contributed by atoms with E-state index in [1.807, 2.05) is 66.7 Å². The Morgan fingerprint density at radius 2 is 1.42 bits per heavy atom. The van der Waals surface area contributed by atoms with Crippen LogP contribution in [0.4, 0.5) is 5.69 Å². The van der Waals surface area contributed by atoms with Gasteiger partial charge in [-0.3, -0.25) is 19.2 Å². The highest BCUT2D eigenvalue weighted by molar-refractivity contribution is 9.09. The number of carbonyl (C=O) groups excluding carboxylic acids is 3. The number of benzene rings is 3. The van der Waals surface area contributed by atoms with E-state index in [1.54, 1.807) is 45.0 Å². The molecule has 1 N–H and O–H groups in total. The Balaban J connectivity index is 1.91. The van der Waals surface area contributed by atoms with Gasteiger partial charge in [-0.25, -0.2) is 5.06 Å². The Hall–Kier alpha value is -3.49. The second kappa shape index (κ2) is 13.9. The summed E-state index contributed by atoms with van der Waals surface area (Å²) in [6, 6.07) is 26.3. The van der Waals surface area contributed by atoms with Gasteiger partial charge in [0, 0.05) is 12.1 Å². The Kier molecular flexibility index (Phi) is 10.6. The minimum absolute atomic E-state index is 0.00260. The van der Waals surface area contributed by atoms with E-state index in [0.29, 0.717) is 11.3 Å². The first-order chi connectivity index (χ1) is 18.1. The second-order valence-electron chi connectivity index (χ2n) is 9.69. The summed E-state index contributed by atoms with van der Waals surface area (Å²) in [4.78, 5) is 45.2. The number of halogens is 1. The molecule has 0 spiro atoms. The number of hydrogen-bond acceptors (Lipinski definition) is 5. The molecule has 0 radical (unpaired) electrons. The molecule has 0 saturated carbocycles. The fourth-order valence-electron chi connectivity index (χ4n) is 3.65. The summed E-state index contributed by atoms with van der Waals surface area (Å²) >= 11 is 3.49. The molecule has 3 rings (SSSR count). The number of rotatable bonds is 11. The van der Waals surface area contributed by atoms with E-state index in [-0.39, 0.29) is 19.4 Å². The summed E-state index contributed by atoms with van der Waals surface area (Å²) in [5.74, 6) is -1.41. The summed E-state index contributed by atoms with van der Waals surface area (Å²) in [7, 11) is 0. The van der Waals surface area contributed by atoms with E-state index in [9.17, 15) is 14.4 Å². The minimum Gasteiger partial charge on any atom is -0.460 e. The lowest BCUT2D eigenvalue weighted by Crippen LogP contribution is -2.48. The van der Waals surface area contributed by atoms with Crippen molar-refractivity contribution in [3.05, 3.63) is 102 Å². The molecule has 200 valence electrons. The maximum absolute atomic E-state index is 13.8. The monoisotopic (exact) mass is 580 g/mol. The van der Waals surface area contributed by atoms with Crippen LogP contribution in [0.3, 0.4) is 0 Å². The van der Waals surface area contributed by atoms with Crippen LogP contribution in [0.15, 0.2) is 91.0 Å². The van der Waals surface area contributed by atoms with Gasteiger partial charge >= 0.3 is 5.97 Å². The van der Waals surface area contributed by atoms with E-state index >= 15 is 0 Å². The lowest BCUT2D eigenvalue weighted by molar-refractivity contribution is -0.207. The molecule has 0 heterocycles. The maximum atomic E-state index is 13.8. The predicted molar refractivity (Wildman–Crippen MR) is 150 cm³/mol. The number of esters is 1. The third-order valence-electron chi connectivity index (χ3n) is 5.41. The summed E-state index contributed by atoms with van der Waals surface area (Å²) in [6.45, 7) is 5.39. The molecular formula is C30H33BrN2O5. The van der Waals surface area contributed by atoms with E-state index in [2.05, 4.69) is 21.2 Å². The third kappa shape index (κ3) is 9.11. The average Bonchev–Trinajstić information content (AvgIpc) is 2.90. The van der Waals surface area contributed by atoms with Gasteiger partial charge < -0.3 is 10.1 Å². The fourth-order valence-corrected chi connectivity index (χ4v) is 4.16. The highest BCUT2D eigenvalue weighted by atomic mass is 79.9. The highest BCUT2D eigenvalue weighted by Crippen LogP contribution is 2.28. The van der Waals surface area contributed by atoms with Crippen LogP contribution in [-0.4, -0.2) is 34.5 Å². The van der Waals surface area contributed by atoms with E-state index in [4.69, 9.17) is 9.57 Å². The molecule has 2 atom stereocenters. The summed E-state index contributed by atoms with van der Waals surface area (Å²) in [5.41, 5.74) is 1.42. The smallest absolute Gasteiger partial charge is 0.306 e. The van der Waals surface area contributed by atoms with Gasteiger partial charge in [0.05, 0.1) is 0 Å². The molecule has 0 fully saturated rings. The second-order valence-corrected chi connectivity index (χ2v) is 10.6. The quantitative estimate of drug-likeness (QED) is 0.165. The zero-order chi connectivity index (χ0) is 27.5. The van der Waals surface area contributed by atoms with Gasteiger partial charge in [-0.15, -0.1) is 0 Å². The normalized spacial score (nSPS) is 12.7. The molecule has 0 aromatic heterocycles. The highest BCUT2D eigenvalue weighted by Gasteiger charge is 2.36. The van der Waals surface area contributed by atoms with Crippen LogP contribution < -0.4 is 5.32 Å². The molecule has 0 aliphatic carbocycles. The molecule has 0 bridgehead atoms. The van der Waals surface area contributed by atoms with Crippen molar-refractivity contribution in [2.24, 2.45) is 0 Å². The first kappa shape index (κ1) is 29.1. The molecule has 38 heavy (non-hydrogen) atoms. The number of nitrogens with zero attached hydrogens (tertiary/aromatic N) is 1. The van der Waals surface area contributed by atoms with Gasteiger partial charge in [-0.1, -0.05) is 94.8 Å². The van der Waals surface area contributed by atoms with E-state index in [0.717, 1.165) is 10.6 Å². The van der Waals surface area contributed by atoms with Crippen LogP contribution in [0.1, 0.15) is 49.6 Å². The zero-order valence-corrected chi connectivity index (χ0v) is 23.4. The van der Waals surface area contributed by atoms with Crippen LogP contribution in [-0.2, 0) is 30.6 Å². The van der Waals surface area contributed by atoms with Crippen molar-refractivity contribution in [1.82, 2.24) is 5.06 Å². The number of hydroxylamine groups is 2. The minimum atomic E-state index is -1.11. The van der Waals surface area contributed by atoms with Crippen LogP contribution in [0, 0.1) is 0 Å². The number of amides is 2. The molecular weight excluding hydrogens is 548 g/mol. The number of ether oxygens (including phenoxy) is 1. The van der Waals surface area contributed by atoms with Crippen molar-refractivity contribution in [2.75, 3.05) is 5.32 Å². The molecule has 2 unspecified atom stereocenters. The lowest BCUT2D eigenvalue weighted by atomic mass is 10.1. The average molecular weight is 582 g/mol. The molecule has 7 nitrogen and oxygen atoms in total. The number of alkyl halides is 1. The molecule has 0 saturated heterocycles. The number of para-hydroxylation sites is 1. The third-order valence-corrected chi connectivity index (χ3v) is 6.33. The largest absolute Gasteiger partial charge is 0.460 e. The van der Waals surface area contributed by atoms with Gasteiger partial charge in [0.1, 0.15) is 23.1 Å². The molecule has 3 aromatic carbocycles. The Bertz CT molecular complexity index is 1180. The summed E-state index contributed by atoms with van der Waals surface area (Å²) < 4.78 is 5.45. The first-order valence-electron chi connectivity index (χ1n) is 12.4. The Labute approximate surface area is 232 Å². The van der Waals surface area contributed by atoms with Crippen molar-refractivity contribution in [2.45, 2.75) is 56.7 Å². The maximum Gasteiger partial charge on any atom is 0.306 e. The first-order valence-corrected chi connectivity index (χ1v) is 13.3. The Morgan fingerprint density at radius 3 is 2.00 bits per heavy atom. The Morgan fingerprint density at radius 1 is 0.868 bits per heavy atom. The van der Waals surface area contributed by atoms with E-state index < -0.39 is 34.3 Å². The predicted octanol–water partition coefficient (Wildman–Crippen LogP) is 6.21. The van der Waals surface area contributed by atoms with Gasteiger partial charge in [-0.2, -0.15) is 0 Å². The lowest BCUT2D eigenvalue weighted by Gasteiger charge is -2.31. The molecule has 3 aromatic rings. The summed E-state index contributed by atoms with van der Waals surface area (Å²) in [6.07, 6.45) is -0.0798. The van der Waals surface area contributed by atoms with Crippen LogP contribution in [0.5, 0.6) is 0 Å². The van der Waals surface area contributed by atoms with E-state index in [1.165, 1.54) is 0 Å². The standard InChI is InChI=1S/C30H33BrN2O5/c1-30(2,3)38-26(34)20-19-25(28(35)32-24-17-11-6-12-18-24)33(37-21-22-13-7-4-8-14-22)29(36)27(31)23-15-9-5-10-16-23/h4-18,25,27H,19-21H2,1-3H3,(H,32,35). The van der Waals surface area contributed by atoms with Gasteiger partial charge in [-0.05, 0) is 50.5 Å². The number of nitrogens with one attached hydrogen (secondary N) is 1. The fraction of sp³-hybridized carbons (Fsp3) is 0.300. The van der Waals surface area contributed by atoms with Crippen LogP contribution in [0.25, 0.3) is 0 Å². The van der Waals surface area contributed by atoms with Crippen molar-refractivity contribution in [3.63, 3.8) is 0 Å². The molecule has 2 amide bonds. The van der Waals surface area contributed by atoms with Crippen molar-refractivity contribution in [1.29, 1.82) is 0 Å². The number of hydrogen-bond donors (Lipinski definition) is 1. The SMILES string of the molecule is CC(C)(C)OC(=O)CCC(C(=O)Nc1ccccc1)N(OCc1ccccc1)C(=O)C(Br)c1ccccc1. The molecule has 0 aliphatic heterocycles. The van der Waals surface area contributed by atoms with Crippen molar-refractivity contribution >= 4 is 39.4 Å². The molecule has 0 aliphatic rings. The van der Waals surface area contributed by atoms with Gasteiger partial charge in [0.15, 0.2) is 0 Å². The number of anilines is 1. The zero-order valence-electron chi connectivity index (χ0n) is 21.8. The van der Waals surface area contributed by atoms with Crippen LogP contribution >= 0.6 is 15.9 Å². The molecule has 8 heteroatoms.